The third-order valence-electron chi connectivity index (χ3n) is 6.01. The summed E-state index contributed by atoms with van der Waals surface area (Å²) in [6, 6.07) is 0. The standard InChI is InChI=1S/C21H27F3N4O2S/c1-28-5-2-12(14(22)10-28)9-25-16-8-15-18(20(24)19(16)23)21(29)27-17(26-15)11-31-13-3-6-30-7-4-13/h8,12-14,19H,2-7,9-11H2,1H3,(H,26,27,29)/t12-,14+,19?/m1/s1. The lowest BCUT2D eigenvalue weighted by atomic mass is 9.95. The largest absolute Gasteiger partial charge is 0.381 e. The fraction of sp³-hybridized carbons (Fsp3) is 0.667. The van der Waals surface area contributed by atoms with Crippen molar-refractivity contribution in [2.45, 2.75) is 42.6 Å². The number of hydrogen-bond donors (Lipinski definition) is 1. The van der Waals surface area contributed by atoms with Crippen molar-refractivity contribution >= 4 is 29.4 Å². The molecule has 10 heteroatoms. The van der Waals surface area contributed by atoms with Crippen LogP contribution in [0.2, 0.25) is 0 Å². The summed E-state index contributed by atoms with van der Waals surface area (Å²) in [4.78, 5) is 25.4. The predicted octanol–water partition coefficient (Wildman–Crippen LogP) is 1.12. The van der Waals surface area contributed by atoms with Crippen molar-refractivity contribution in [1.82, 2.24) is 14.9 Å². The molecule has 0 amide bonds. The number of nitrogens with zero attached hydrogens (tertiary/aromatic N) is 3. The molecule has 1 aromatic rings. The first-order valence-corrected chi connectivity index (χ1v) is 11.7. The average Bonchev–Trinajstić information content (AvgIpc) is 2.75. The zero-order valence-corrected chi connectivity index (χ0v) is 18.3. The van der Waals surface area contributed by atoms with E-state index in [1.54, 1.807) is 11.8 Å². The van der Waals surface area contributed by atoms with Gasteiger partial charge in [0.2, 0.25) is 0 Å². The van der Waals surface area contributed by atoms with Gasteiger partial charge in [0.25, 0.3) is 5.56 Å². The molecule has 1 aromatic heterocycles. The highest BCUT2D eigenvalue weighted by molar-refractivity contribution is 7.99. The Morgan fingerprint density at radius 2 is 2.10 bits per heavy atom. The second kappa shape index (κ2) is 9.87. The molecule has 0 spiro atoms. The minimum absolute atomic E-state index is 0.0802. The van der Waals surface area contributed by atoms with E-state index in [9.17, 15) is 18.0 Å². The van der Waals surface area contributed by atoms with Crippen LogP contribution in [-0.2, 0) is 10.5 Å². The number of H-pyrrole nitrogens is 1. The second-order valence-electron chi connectivity index (χ2n) is 8.34. The van der Waals surface area contributed by atoms with E-state index in [0.717, 1.165) is 19.4 Å². The molecule has 1 aliphatic carbocycles. The van der Waals surface area contributed by atoms with Crippen molar-refractivity contribution < 1.29 is 17.9 Å². The molecular formula is C21H27F3N4O2S. The van der Waals surface area contributed by atoms with Gasteiger partial charge in [0.15, 0.2) is 12.0 Å². The highest BCUT2D eigenvalue weighted by Gasteiger charge is 2.29. The Hall–Kier alpha value is -1.65. The number of nitrogens with one attached hydrogen (secondary N) is 1. The molecule has 3 aliphatic rings. The molecule has 3 heterocycles. The summed E-state index contributed by atoms with van der Waals surface area (Å²) < 4.78 is 48.9. The number of rotatable bonds is 5. The molecule has 0 radical (unpaired) electrons. The Bertz CT molecular complexity index is 1010. The lowest BCUT2D eigenvalue weighted by molar-refractivity contribution is 0.1000. The monoisotopic (exact) mass is 456 g/mol. The van der Waals surface area contributed by atoms with Crippen LogP contribution in [0.1, 0.15) is 25.1 Å². The molecule has 31 heavy (non-hydrogen) atoms. The fourth-order valence-electron chi connectivity index (χ4n) is 4.11. The van der Waals surface area contributed by atoms with Crippen LogP contribution < -0.4 is 16.1 Å². The van der Waals surface area contributed by atoms with Gasteiger partial charge in [-0.3, -0.25) is 9.79 Å². The van der Waals surface area contributed by atoms with E-state index in [-0.39, 0.29) is 28.7 Å². The zero-order chi connectivity index (χ0) is 22.0. The number of alkyl halides is 2. The van der Waals surface area contributed by atoms with Crippen molar-refractivity contribution in [1.29, 1.82) is 0 Å². The molecule has 2 aliphatic heterocycles. The first-order chi connectivity index (χ1) is 14.9. The van der Waals surface area contributed by atoms with Crippen molar-refractivity contribution in [2.75, 3.05) is 39.9 Å². The lowest BCUT2D eigenvalue weighted by Gasteiger charge is -2.31. The predicted molar refractivity (Wildman–Crippen MR) is 116 cm³/mol. The van der Waals surface area contributed by atoms with E-state index in [1.165, 1.54) is 6.08 Å². The molecule has 1 unspecified atom stereocenters. The topological polar surface area (TPSA) is 70.6 Å². The number of fused-ring (bicyclic) bond motifs is 1. The van der Waals surface area contributed by atoms with E-state index >= 15 is 0 Å². The van der Waals surface area contributed by atoms with Gasteiger partial charge in [0.1, 0.15) is 17.2 Å². The molecule has 170 valence electrons. The fourth-order valence-corrected chi connectivity index (χ4v) is 5.17. The zero-order valence-electron chi connectivity index (χ0n) is 17.5. The number of thioether (sulfide) groups is 1. The Morgan fingerprint density at radius 1 is 1.32 bits per heavy atom. The first-order valence-electron chi connectivity index (χ1n) is 10.6. The van der Waals surface area contributed by atoms with E-state index < -0.39 is 23.7 Å². The van der Waals surface area contributed by atoms with Gasteiger partial charge in [0.05, 0.1) is 16.8 Å². The van der Waals surface area contributed by atoms with Gasteiger partial charge in [0, 0.05) is 37.5 Å². The molecule has 3 atom stereocenters. The summed E-state index contributed by atoms with van der Waals surface area (Å²) in [5, 5.41) is 0.114. The van der Waals surface area contributed by atoms with E-state index in [4.69, 9.17) is 4.74 Å². The third kappa shape index (κ3) is 5.23. The second-order valence-corrected chi connectivity index (χ2v) is 9.63. The van der Waals surface area contributed by atoms with E-state index in [0.29, 0.717) is 43.0 Å². The number of piperidine rings is 1. The number of halogens is 3. The number of hydrogen-bond acceptors (Lipinski definition) is 6. The molecular weight excluding hydrogens is 429 g/mol. The van der Waals surface area contributed by atoms with Gasteiger partial charge in [-0.15, -0.1) is 0 Å². The molecule has 0 aromatic carbocycles. The number of ether oxygens (including phenoxy) is 1. The van der Waals surface area contributed by atoms with Crippen molar-refractivity contribution in [3.63, 3.8) is 0 Å². The van der Waals surface area contributed by atoms with Crippen LogP contribution in [-0.4, -0.2) is 78.1 Å². The average molecular weight is 457 g/mol. The molecule has 4 rings (SSSR count). The Kier molecular flexibility index (Phi) is 7.18. The minimum Gasteiger partial charge on any atom is -0.381 e. The van der Waals surface area contributed by atoms with Gasteiger partial charge in [-0.1, -0.05) is 0 Å². The highest BCUT2D eigenvalue weighted by atomic mass is 32.2. The summed E-state index contributed by atoms with van der Waals surface area (Å²) in [6.07, 6.45) is 0.605. The number of likely N-dealkylation sites (tertiary alicyclic amines) is 1. The van der Waals surface area contributed by atoms with Gasteiger partial charge in [-0.05, 0) is 38.9 Å². The summed E-state index contributed by atoms with van der Waals surface area (Å²) in [5.74, 6) is -0.631. The minimum atomic E-state index is -2.14. The van der Waals surface area contributed by atoms with Gasteiger partial charge in [-0.2, -0.15) is 11.8 Å². The summed E-state index contributed by atoms with van der Waals surface area (Å²) >= 11 is 1.66. The van der Waals surface area contributed by atoms with Crippen LogP contribution in [0.25, 0.3) is 11.9 Å². The molecule has 1 N–H and O–H groups in total. The van der Waals surface area contributed by atoms with Crippen LogP contribution in [0.15, 0.2) is 9.79 Å². The maximum atomic E-state index is 14.7. The van der Waals surface area contributed by atoms with Crippen LogP contribution in [0, 0.1) is 5.92 Å². The number of aromatic amines is 1. The Morgan fingerprint density at radius 3 is 2.84 bits per heavy atom. The molecule has 2 saturated heterocycles. The quantitative estimate of drug-likeness (QED) is 0.719. The van der Waals surface area contributed by atoms with Crippen molar-refractivity contribution in [2.24, 2.45) is 10.9 Å². The van der Waals surface area contributed by atoms with Crippen molar-refractivity contribution in [3.8, 4) is 0 Å². The lowest BCUT2D eigenvalue weighted by Crippen LogP contribution is -2.50. The molecule has 0 saturated carbocycles. The molecule has 6 nitrogen and oxygen atoms in total. The molecule has 0 bridgehead atoms. The first kappa shape index (κ1) is 22.5. The van der Waals surface area contributed by atoms with Gasteiger partial charge >= 0.3 is 0 Å². The SMILES string of the molecule is CN1CC[C@H](CN=C2C=c3nc(CSC4CCOCC4)[nH]c(=O)c3=C(F)C2F)[C@@H](F)C1. The van der Waals surface area contributed by atoms with Crippen LogP contribution in [0.4, 0.5) is 13.2 Å². The maximum Gasteiger partial charge on any atom is 0.261 e. The van der Waals surface area contributed by atoms with Crippen LogP contribution >= 0.6 is 11.8 Å². The van der Waals surface area contributed by atoms with Gasteiger partial charge < -0.3 is 14.6 Å². The summed E-state index contributed by atoms with van der Waals surface area (Å²) in [7, 11) is 1.85. The van der Waals surface area contributed by atoms with Crippen molar-refractivity contribution in [3.05, 3.63) is 26.7 Å². The molecule has 2 fully saturated rings. The third-order valence-corrected chi connectivity index (χ3v) is 7.40. The normalized spacial score (nSPS) is 29.1. The number of aromatic nitrogens is 2. The van der Waals surface area contributed by atoms with Crippen LogP contribution in [0.5, 0.6) is 0 Å². The highest BCUT2D eigenvalue weighted by Crippen LogP contribution is 2.24. The van der Waals surface area contributed by atoms with E-state index in [1.807, 2.05) is 11.9 Å². The summed E-state index contributed by atoms with van der Waals surface area (Å²) in [5.41, 5.74) is -0.834. The smallest absolute Gasteiger partial charge is 0.261 e. The Balaban J connectivity index is 1.55. The van der Waals surface area contributed by atoms with Crippen LogP contribution in [0.3, 0.4) is 0 Å². The van der Waals surface area contributed by atoms with E-state index in [2.05, 4.69) is 15.0 Å². The Labute approximate surface area is 182 Å². The maximum absolute atomic E-state index is 14.7. The van der Waals surface area contributed by atoms with Gasteiger partial charge in [-0.25, -0.2) is 18.2 Å². The number of aliphatic imine (C=N–C) groups is 1. The summed E-state index contributed by atoms with van der Waals surface area (Å²) in [6.45, 7) is 2.57.